The Bertz CT molecular complexity index is 1330. The van der Waals surface area contributed by atoms with E-state index in [1.165, 1.54) is 0 Å². The van der Waals surface area contributed by atoms with E-state index in [0.717, 1.165) is 80.5 Å². The highest BCUT2D eigenvalue weighted by atomic mass is 35.5. The third-order valence-corrected chi connectivity index (χ3v) is 7.86. The molecule has 4 aromatic rings. The van der Waals surface area contributed by atoms with Gasteiger partial charge < -0.3 is 20.3 Å². The fourth-order valence-corrected chi connectivity index (χ4v) is 6.11. The minimum atomic E-state index is -0.205. The standard InChI is InChI=1S/C24H23ClN4O2S/c1-2-17(26)21-10-19-24(32-21)14(3-6-28-19)15-9-13(25)7-12-8-20(30-22(12)15)23-16-11-27-5-4-18(16)29-31-23/h3,6-7,9-10,17,20,27H,2,4-5,8,11,26H2,1H3/t17?,20-/m1/s1. The molecule has 1 aromatic carbocycles. The normalized spacial score (nSPS) is 18.4. The summed E-state index contributed by atoms with van der Waals surface area (Å²) in [5.41, 5.74) is 12.5. The van der Waals surface area contributed by atoms with E-state index in [4.69, 9.17) is 26.6 Å². The molecule has 0 fully saturated rings. The van der Waals surface area contributed by atoms with Gasteiger partial charge in [-0.3, -0.25) is 4.98 Å². The van der Waals surface area contributed by atoms with Crippen LogP contribution >= 0.6 is 22.9 Å². The lowest BCUT2D eigenvalue weighted by molar-refractivity contribution is 0.189. The second-order valence-corrected chi connectivity index (χ2v) is 9.91. The molecule has 3 aromatic heterocycles. The molecule has 2 atom stereocenters. The number of benzene rings is 1. The van der Waals surface area contributed by atoms with Gasteiger partial charge in [0.1, 0.15) is 5.75 Å². The third kappa shape index (κ3) is 3.23. The second-order valence-electron chi connectivity index (χ2n) is 8.39. The van der Waals surface area contributed by atoms with Crippen LogP contribution in [0.1, 0.15) is 52.9 Å². The van der Waals surface area contributed by atoms with E-state index in [0.29, 0.717) is 11.4 Å². The maximum Gasteiger partial charge on any atom is 0.182 e. The van der Waals surface area contributed by atoms with Crippen molar-refractivity contribution >= 4 is 33.2 Å². The van der Waals surface area contributed by atoms with Gasteiger partial charge in [-0.25, -0.2) is 0 Å². The van der Waals surface area contributed by atoms with E-state index >= 15 is 0 Å². The molecular weight excluding hydrogens is 444 g/mol. The number of aromatic nitrogens is 2. The number of hydrogen-bond acceptors (Lipinski definition) is 7. The third-order valence-electron chi connectivity index (χ3n) is 6.36. The SMILES string of the molecule is CCC(N)c1cc2nccc(-c3cc(Cl)cc4c3O[C@@H](c3onc5c3CNCC5)C4)c2s1. The van der Waals surface area contributed by atoms with Crippen LogP contribution in [0.25, 0.3) is 21.3 Å². The Hall–Kier alpha value is -2.45. The molecular formula is C24H23ClN4O2S. The number of nitrogens with two attached hydrogens (primary N) is 1. The maximum atomic E-state index is 6.56. The van der Waals surface area contributed by atoms with Crippen LogP contribution in [-0.4, -0.2) is 16.7 Å². The molecule has 8 heteroatoms. The highest BCUT2D eigenvalue weighted by molar-refractivity contribution is 7.19. The van der Waals surface area contributed by atoms with E-state index in [2.05, 4.69) is 28.4 Å². The van der Waals surface area contributed by atoms with Crippen molar-refractivity contribution in [2.75, 3.05) is 6.54 Å². The Morgan fingerprint density at radius 2 is 2.22 bits per heavy atom. The first kappa shape index (κ1) is 20.2. The Balaban J connectivity index is 1.44. The van der Waals surface area contributed by atoms with Crippen LogP contribution in [0.2, 0.25) is 5.02 Å². The van der Waals surface area contributed by atoms with Crippen molar-refractivity contribution in [3.05, 3.63) is 62.9 Å². The van der Waals surface area contributed by atoms with Crippen molar-refractivity contribution in [1.82, 2.24) is 15.5 Å². The van der Waals surface area contributed by atoms with Crippen molar-refractivity contribution in [1.29, 1.82) is 0 Å². The molecule has 2 aliphatic heterocycles. The van der Waals surface area contributed by atoms with Gasteiger partial charge in [0.25, 0.3) is 0 Å². The summed E-state index contributed by atoms with van der Waals surface area (Å²) in [5.74, 6) is 1.67. The minimum absolute atomic E-state index is 0.0130. The monoisotopic (exact) mass is 466 g/mol. The topological polar surface area (TPSA) is 86.2 Å². The smallest absolute Gasteiger partial charge is 0.182 e. The number of rotatable bonds is 4. The second kappa shape index (κ2) is 7.85. The molecule has 0 spiro atoms. The molecule has 0 saturated carbocycles. The van der Waals surface area contributed by atoms with Gasteiger partial charge in [0.05, 0.1) is 15.9 Å². The summed E-state index contributed by atoms with van der Waals surface area (Å²) >= 11 is 8.26. The van der Waals surface area contributed by atoms with Crippen molar-refractivity contribution in [3.8, 4) is 16.9 Å². The summed E-state index contributed by atoms with van der Waals surface area (Å²) in [5, 5.41) is 8.38. The van der Waals surface area contributed by atoms with E-state index in [-0.39, 0.29) is 12.1 Å². The fourth-order valence-electron chi connectivity index (χ4n) is 4.64. The Kier molecular flexibility index (Phi) is 4.95. The summed E-state index contributed by atoms with van der Waals surface area (Å²) in [6.45, 7) is 3.78. The minimum Gasteiger partial charge on any atom is -0.481 e. The molecule has 5 heterocycles. The van der Waals surface area contributed by atoms with Gasteiger partial charge in [0.2, 0.25) is 0 Å². The Labute approximate surface area is 194 Å². The molecule has 0 saturated heterocycles. The zero-order valence-corrected chi connectivity index (χ0v) is 19.2. The average Bonchev–Trinajstić information content (AvgIpc) is 3.53. The van der Waals surface area contributed by atoms with Crippen LogP contribution < -0.4 is 15.8 Å². The number of nitrogens with one attached hydrogen (secondary N) is 1. The van der Waals surface area contributed by atoms with Crippen LogP contribution in [-0.2, 0) is 19.4 Å². The highest BCUT2D eigenvalue weighted by Crippen LogP contribution is 2.48. The number of thiophene rings is 1. The van der Waals surface area contributed by atoms with Gasteiger partial charge in [-0.1, -0.05) is 23.7 Å². The molecule has 3 N–H and O–H groups in total. The zero-order chi connectivity index (χ0) is 21.8. The lowest BCUT2D eigenvalue weighted by Gasteiger charge is -2.15. The molecule has 6 rings (SSSR count). The number of ether oxygens (including phenoxy) is 1. The first-order valence-electron chi connectivity index (χ1n) is 10.9. The fraction of sp³-hybridized carbons (Fsp3) is 0.333. The van der Waals surface area contributed by atoms with Crippen LogP contribution in [0.3, 0.4) is 0 Å². The lowest BCUT2D eigenvalue weighted by Crippen LogP contribution is -2.24. The highest BCUT2D eigenvalue weighted by Gasteiger charge is 2.34. The van der Waals surface area contributed by atoms with Crippen LogP contribution in [0.4, 0.5) is 0 Å². The van der Waals surface area contributed by atoms with E-state index in [9.17, 15) is 0 Å². The molecule has 164 valence electrons. The molecule has 2 aliphatic rings. The number of hydrogen-bond donors (Lipinski definition) is 2. The largest absolute Gasteiger partial charge is 0.481 e. The van der Waals surface area contributed by atoms with Gasteiger partial charge in [-0.05, 0) is 30.7 Å². The lowest BCUT2D eigenvalue weighted by atomic mass is 9.99. The van der Waals surface area contributed by atoms with Crippen molar-refractivity contribution < 1.29 is 9.26 Å². The number of fused-ring (bicyclic) bond motifs is 3. The summed E-state index contributed by atoms with van der Waals surface area (Å²) < 4.78 is 13.4. The predicted molar refractivity (Wildman–Crippen MR) is 126 cm³/mol. The van der Waals surface area contributed by atoms with Gasteiger partial charge in [-0.2, -0.15) is 0 Å². The van der Waals surface area contributed by atoms with Gasteiger partial charge in [0, 0.05) is 70.3 Å². The van der Waals surface area contributed by atoms with Crippen LogP contribution in [0, 0.1) is 0 Å². The average molecular weight is 467 g/mol. The maximum absolute atomic E-state index is 6.56. The molecule has 0 radical (unpaired) electrons. The van der Waals surface area contributed by atoms with Gasteiger partial charge in [0.15, 0.2) is 11.9 Å². The Morgan fingerprint density at radius 3 is 3.09 bits per heavy atom. The van der Waals surface area contributed by atoms with E-state index in [1.54, 1.807) is 11.3 Å². The molecule has 0 amide bonds. The summed E-state index contributed by atoms with van der Waals surface area (Å²) in [6.07, 6.45) is 4.10. The van der Waals surface area contributed by atoms with Gasteiger partial charge in [-0.15, -0.1) is 11.3 Å². The molecule has 1 unspecified atom stereocenters. The molecule has 32 heavy (non-hydrogen) atoms. The molecule has 0 aliphatic carbocycles. The number of pyridine rings is 1. The van der Waals surface area contributed by atoms with Gasteiger partial charge >= 0.3 is 0 Å². The first-order chi connectivity index (χ1) is 15.6. The molecule has 6 nitrogen and oxygen atoms in total. The van der Waals surface area contributed by atoms with E-state index < -0.39 is 0 Å². The number of nitrogens with zero attached hydrogens (tertiary/aromatic N) is 2. The Morgan fingerprint density at radius 1 is 1.31 bits per heavy atom. The number of halogens is 1. The van der Waals surface area contributed by atoms with E-state index in [1.807, 2.05) is 24.4 Å². The summed E-state index contributed by atoms with van der Waals surface area (Å²) in [6, 6.07) is 8.11. The summed E-state index contributed by atoms with van der Waals surface area (Å²) in [4.78, 5) is 5.71. The van der Waals surface area contributed by atoms with Crippen molar-refractivity contribution in [2.45, 2.75) is 44.9 Å². The molecule has 0 bridgehead atoms. The quantitative estimate of drug-likeness (QED) is 0.422. The first-order valence-corrected chi connectivity index (χ1v) is 12.1. The van der Waals surface area contributed by atoms with Crippen molar-refractivity contribution in [3.63, 3.8) is 0 Å². The van der Waals surface area contributed by atoms with Crippen LogP contribution in [0.15, 0.2) is 35.0 Å². The van der Waals surface area contributed by atoms with Crippen LogP contribution in [0.5, 0.6) is 5.75 Å². The zero-order valence-electron chi connectivity index (χ0n) is 17.7. The summed E-state index contributed by atoms with van der Waals surface area (Å²) in [7, 11) is 0. The predicted octanol–water partition coefficient (Wildman–Crippen LogP) is 5.34. The van der Waals surface area contributed by atoms with Crippen molar-refractivity contribution in [2.24, 2.45) is 5.73 Å².